The third kappa shape index (κ3) is 3.24. The zero-order valence-corrected chi connectivity index (χ0v) is 15.6. The molecule has 1 aromatic heterocycles. The summed E-state index contributed by atoms with van der Waals surface area (Å²) in [4.78, 5) is 11.9. The van der Waals surface area contributed by atoms with E-state index < -0.39 is 0 Å². The Bertz CT molecular complexity index is 1180. The largest absolute Gasteiger partial charge is 0.497 e. The van der Waals surface area contributed by atoms with Crippen LogP contribution in [-0.4, -0.2) is 7.11 Å². The lowest BCUT2D eigenvalue weighted by Crippen LogP contribution is -1.98. The lowest BCUT2D eigenvalue weighted by atomic mass is 9.91. The molecule has 0 amide bonds. The van der Waals surface area contributed by atoms with Crippen molar-refractivity contribution < 1.29 is 9.15 Å². The van der Waals surface area contributed by atoms with E-state index in [1.807, 2.05) is 37.3 Å². The van der Waals surface area contributed by atoms with Gasteiger partial charge in [0, 0.05) is 11.5 Å². The van der Waals surface area contributed by atoms with Crippen molar-refractivity contribution in [2.45, 2.75) is 13.8 Å². The molecule has 0 bridgehead atoms. The fourth-order valence-corrected chi connectivity index (χ4v) is 3.43. The van der Waals surface area contributed by atoms with Crippen LogP contribution in [0.3, 0.4) is 0 Å². The maximum Gasteiger partial charge on any atom is 0.336 e. The summed E-state index contributed by atoms with van der Waals surface area (Å²) >= 11 is 0. The highest BCUT2D eigenvalue weighted by atomic mass is 16.5. The minimum absolute atomic E-state index is 0.330. The first-order chi connectivity index (χ1) is 13.0. The summed E-state index contributed by atoms with van der Waals surface area (Å²) in [5.41, 5.74) is 6.68. The van der Waals surface area contributed by atoms with Gasteiger partial charge in [0.2, 0.25) is 0 Å². The van der Waals surface area contributed by atoms with Crippen molar-refractivity contribution in [3.05, 3.63) is 88.3 Å². The van der Waals surface area contributed by atoms with E-state index in [9.17, 15) is 4.79 Å². The van der Waals surface area contributed by atoms with Gasteiger partial charge in [-0.2, -0.15) is 0 Å². The van der Waals surface area contributed by atoms with Crippen molar-refractivity contribution >= 4 is 11.0 Å². The maximum atomic E-state index is 11.9. The molecule has 27 heavy (non-hydrogen) atoms. The molecule has 0 atom stereocenters. The van der Waals surface area contributed by atoms with Crippen LogP contribution in [0.2, 0.25) is 0 Å². The van der Waals surface area contributed by atoms with Crippen LogP contribution in [-0.2, 0) is 0 Å². The lowest BCUT2D eigenvalue weighted by Gasteiger charge is -2.14. The zero-order valence-electron chi connectivity index (χ0n) is 15.6. The van der Waals surface area contributed by atoms with Gasteiger partial charge in [-0.25, -0.2) is 4.79 Å². The molecule has 3 nitrogen and oxygen atoms in total. The van der Waals surface area contributed by atoms with Crippen LogP contribution in [0, 0.1) is 13.8 Å². The fraction of sp³-hybridized carbons (Fsp3) is 0.125. The number of fused-ring (bicyclic) bond motifs is 1. The molecule has 4 rings (SSSR count). The Balaban J connectivity index is 2.04. The minimum Gasteiger partial charge on any atom is -0.497 e. The minimum atomic E-state index is -0.330. The van der Waals surface area contributed by atoms with Crippen LogP contribution in [0.15, 0.2) is 75.9 Å². The van der Waals surface area contributed by atoms with Crippen LogP contribution in [0.25, 0.3) is 33.2 Å². The molecule has 0 saturated heterocycles. The van der Waals surface area contributed by atoms with E-state index in [1.54, 1.807) is 7.11 Å². The maximum absolute atomic E-state index is 11.9. The number of ether oxygens (including phenoxy) is 1. The monoisotopic (exact) mass is 356 g/mol. The first kappa shape index (κ1) is 17.1. The van der Waals surface area contributed by atoms with E-state index in [1.165, 1.54) is 11.6 Å². The number of rotatable bonds is 3. The van der Waals surface area contributed by atoms with Gasteiger partial charge in [-0.15, -0.1) is 0 Å². The Morgan fingerprint density at radius 3 is 2.26 bits per heavy atom. The number of hydrogen-bond donors (Lipinski definition) is 0. The van der Waals surface area contributed by atoms with Crippen LogP contribution in [0.1, 0.15) is 11.1 Å². The Morgan fingerprint density at radius 2 is 1.56 bits per heavy atom. The predicted molar refractivity (Wildman–Crippen MR) is 109 cm³/mol. The zero-order chi connectivity index (χ0) is 19.0. The van der Waals surface area contributed by atoms with Gasteiger partial charge in [-0.1, -0.05) is 42.0 Å². The van der Waals surface area contributed by atoms with Gasteiger partial charge >= 0.3 is 5.63 Å². The first-order valence-electron chi connectivity index (χ1n) is 8.85. The summed E-state index contributed by atoms with van der Waals surface area (Å²) < 4.78 is 10.8. The van der Waals surface area contributed by atoms with Gasteiger partial charge in [0.25, 0.3) is 0 Å². The molecule has 3 heteroatoms. The van der Waals surface area contributed by atoms with Crippen molar-refractivity contribution in [3.63, 3.8) is 0 Å². The summed E-state index contributed by atoms with van der Waals surface area (Å²) in [5, 5.41) is 0.948. The second kappa shape index (κ2) is 6.76. The Hall–Kier alpha value is -3.33. The normalized spacial score (nSPS) is 10.9. The van der Waals surface area contributed by atoms with Gasteiger partial charge in [0.1, 0.15) is 11.3 Å². The molecule has 0 aliphatic rings. The van der Waals surface area contributed by atoms with E-state index >= 15 is 0 Å². The molecular formula is C24H20O3. The summed E-state index contributed by atoms with van der Waals surface area (Å²) in [6, 6.07) is 21.9. The second-order valence-corrected chi connectivity index (χ2v) is 6.74. The summed E-state index contributed by atoms with van der Waals surface area (Å²) in [7, 11) is 1.65. The Kier molecular flexibility index (Phi) is 4.28. The summed E-state index contributed by atoms with van der Waals surface area (Å²) in [5.74, 6) is 0.805. The van der Waals surface area contributed by atoms with E-state index in [0.717, 1.165) is 39.0 Å². The molecule has 1 heterocycles. The standard InChI is InChI=1S/C24H20O3/c1-15-5-4-6-18(11-15)21-13-20-16(2)12-24(25)27-23(20)14-22(21)17-7-9-19(26-3)10-8-17/h4-14H,1-3H3. The van der Waals surface area contributed by atoms with Crippen molar-refractivity contribution in [2.24, 2.45) is 0 Å². The highest BCUT2D eigenvalue weighted by molar-refractivity contribution is 5.95. The SMILES string of the molecule is COc1ccc(-c2cc3oc(=O)cc(C)c3cc2-c2cccc(C)c2)cc1. The third-order valence-electron chi connectivity index (χ3n) is 4.82. The van der Waals surface area contributed by atoms with Crippen LogP contribution in [0.4, 0.5) is 0 Å². The number of hydrogen-bond acceptors (Lipinski definition) is 3. The molecule has 0 fully saturated rings. The fourth-order valence-electron chi connectivity index (χ4n) is 3.43. The highest BCUT2D eigenvalue weighted by Gasteiger charge is 2.13. The first-order valence-corrected chi connectivity index (χ1v) is 8.85. The molecule has 0 unspecified atom stereocenters. The predicted octanol–water partition coefficient (Wildman–Crippen LogP) is 5.75. The molecule has 0 spiro atoms. The van der Waals surface area contributed by atoms with Gasteiger partial charge in [0.15, 0.2) is 0 Å². The molecule has 0 radical (unpaired) electrons. The van der Waals surface area contributed by atoms with Crippen LogP contribution in [0.5, 0.6) is 5.75 Å². The molecular weight excluding hydrogens is 336 g/mol. The van der Waals surface area contributed by atoms with Gasteiger partial charge in [-0.3, -0.25) is 0 Å². The molecule has 0 saturated carbocycles. The number of methoxy groups -OCH3 is 1. The Labute approximate surface area is 157 Å². The quantitative estimate of drug-likeness (QED) is 0.439. The average Bonchev–Trinajstić information content (AvgIpc) is 2.67. The Morgan fingerprint density at radius 1 is 0.815 bits per heavy atom. The van der Waals surface area contributed by atoms with Gasteiger partial charge < -0.3 is 9.15 Å². The van der Waals surface area contributed by atoms with E-state index in [0.29, 0.717) is 5.58 Å². The van der Waals surface area contributed by atoms with E-state index in [-0.39, 0.29) is 5.63 Å². The third-order valence-corrected chi connectivity index (χ3v) is 4.82. The summed E-state index contributed by atoms with van der Waals surface area (Å²) in [6.07, 6.45) is 0. The molecule has 0 aliphatic heterocycles. The van der Waals surface area contributed by atoms with Crippen molar-refractivity contribution in [2.75, 3.05) is 7.11 Å². The highest BCUT2D eigenvalue weighted by Crippen LogP contribution is 2.37. The smallest absolute Gasteiger partial charge is 0.336 e. The number of benzene rings is 3. The molecule has 0 N–H and O–H groups in total. The van der Waals surface area contributed by atoms with Crippen molar-refractivity contribution in [1.82, 2.24) is 0 Å². The average molecular weight is 356 g/mol. The molecule has 3 aromatic carbocycles. The number of aryl methyl sites for hydroxylation is 2. The van der Waals surface area contributed by atoms with Crippen molar-refractivity contribution in [3.8, 4) is 28.0 Å². The van der Waals surface area contributed by atoms with E-state index in [4.69, 9.17) is 9.15 Å². The molecule has 0 aliphatic carbocycles. The van der Waals surface area contributed by atoms with Crippen LogP contribution < -0.4 is 10.4 Å². The van der Waals surface area contributed by atoms with Crippen molar-refractivity contribution in [1.29, 1.82) is 0 Å². The molecule has 134 valence electrons. The van der Waals surface area contributed by atoms with Gasteiger partial charge in [-0.05, 0) is 65.9 Å². The molecule has 4 aromatic rings. The summed E-state index contributed by atoms with van der Waals surface area (Å²) in [6.45, 7) is 4.02. The van der Waals surface area contributed by atoms with Gasteiger partial charge in [0.05, 0.1) is 7.11 Å². The second-order valence-electron chi connectivity index (χ2n) is 6.74. The van der Waals surface area contributed by atoms with E-state index in [2.05, 4.69) is 37.3 Å². The topological polar surface area (TPSA) is 39.4 Å². The van der Waals surface area contributed by atoms with Crippen LogP contribution >= 0.6 is 0 Å². The lowest BCUT2D eigenvalue weighted by molar-refractivity contribution is 0.415.